The average molecular weight is 380 g/mol. The molecule has 0 atom stereocenters. The van der Waals surface area contributed by atoms with E-state index in [1.165, 1.54) is 30.8 Å². The first-order chi connectivity index (χ1) is 11.9. The predicted octanol–water partition coefficient (Wildman–Crippen LogP) is 3.31. The van der Waals surface area contributed by atoms with E-state index in [2.05, 4.69) is 10.0 Å². The van der Waals surface area contributed by atoms with E-state index in [9.17, 15) is 13.2 Å². The maximum absolute atomic E-state index is 12.6. The molecular weight excluding hydrogens is 360 g/mol. The molecule has 0 saturated carbocycles. The highest BCUT2D eigenvalue weighted by Crippen LogP contribution is 2.29. The van der Waals surface area contributed by atoms with Crippen LogP contribution >= 0.6 is 11.8 Å². The normalized spacial score (nSPS) is 11.2. The van der Waals surface area contributed by atoms with E-state index in [0.717, 1.165) is 10.5 Å². The molecule has 0 fully saturated rings. The summed E-state index contributed by atoms with van der Waals surface area (Å²) in [5.74, 6) is -0.259. The van der Waals surface area contributed by atoms with Crippen molar-refractivity contribution in [3.63, 3.8) is 0 Å². The number of hydrogen-bond acceptors (Lipinski definition) is 5. The Morgan fingerprint density at radius 2 is 1.96 bits per heavy atom. The molecule has 0 radical (unpaired) electrons. The molecule has 25 heavy (non-hydrogen) atoms. The largest absolute Gasteiger partial charge is 0.380 e. The number of nitrogens with one attached hydrogen (secondary N) is 2. The number of sulfonamides is 1. The minimum Gasteiger partial charge on any atom is -0.380 e. The highest BCUT2D eigenvalue weighted by atomic mass is 32.2. The number of anilines is 2. The molecule has 0 spiro atoms. The first-order valence-electron chi connectivity index (χ1n) is 7.42. The fourth-order valence-electron chi connectivity index (χ4n) is 2.25. The summed E-state index contributed by atoms with van der Waals surface area (Å²) in [4.78, 5) is 12.2. The van der Waals surface area contributed by atoms with Crippen molar-refractivity contribution in [2.75, 3.05) is 23.4 Å². The highest BCUT2D eigenvalue weighted by molar-refractivity contribution is 7.98. The van der Waals surface area contributed by atoms with Crippen LogP contribution in [0.15, 0.2) is 52.3 Å². The SMILES string of the molecule is COCc1cccc(NS(=O)(=O)c2ccc(SC)c(NC(C)=O)c2)c1. The van der Waals surface area contributed by atoms with Gasteiger partial charge in [-0.2, -0.15) is 0 Å². The van der Waals surface area contributed by atoms with Crippen molar-refractivity contribution in [3.8, 4) is 0 Å². The van der Waals surface area contributed by atoms with Crippen molar-refractivity contribution in [2.24, 2.45) is 0 Å². The van der Waals surface area contributed by atoms with E-state index in [1.807, 2.05) is 12.3 Å². The van der Waals surface area contributed by atoms with Gasteiger partial charge in [0.05, 0.1) is 17.2 Å². The fourth-order valence-corrected chi connectivity index (χ4v) is 3.86. The monoisotopic (exact) mass is 380 g/mol. The number of hydrogen-bond donors (Lipinski definition) is 2. The quantitative estimate of drug-likeness (QED) is 0.720. The van der Waals surface area contributed by atoms with Crippen LogP contribution in [0.1, 0.15) is 12.5 Å². The Balaban J connectivity index is 2.33. The van der Waals surface area contributed by atoms with E-state index in [4.69, 9.17) is 4.74 Å². The third-order valence-electron chi connectivity index (χ3n) is 3.28. The van der Waals surface area contributed by atoms with Crippen LogP contribution < -0.4 is 10.0 Å². The summed E-state index contributed by atoms with van der Waals surface area (Å²) in [5, 5.41) is 2.66. The molecule has 0 aromatic heterocycles. The summed E-state index contributed by atoms with van der Waals surface area (Å²) in [6.07, 6.45) is 1.86. The molecule has 0 unspecified atom stereocenters. The molecule has 6 nitrogen and oxygen atoms in total. The van der Waals surface area contributed by atoms with Gasteiger partial charge in [0.1, 0.15) is 0 Å². The lowest BCUT2D eigenvalue weighted by atomic mass is 10.2. The van der Waals surface area contributed by atoms with E-state index in [-0.39, 0.29) is 10.8 Å². The second-order valence-electron chi connectivity index (χ2n) is 5.28. The fraction of sp³-hybridized carbons (Fsp3) is 0.235. The Morgan fingerprint density at radius 3 is 2.60 bits per heavy atom. The smallest absolute Gasteiger partial charge is 0.261 e. The molecule has 0 heterocycles. The van der Waals surface area contributed by atoms with Crippen LogP contribution in [0.3, 0.4) is 0 Å². The van der Waals surface area contributed by atoms with Crippen LogP contribution in [0.5, 0.6) is 0 Å². The van der Waals surface area contributed by atoms with Gasteiger partial charge in [0.15, 0.2) is 0 Å². The number of amides is 1. The number of benzene rings is 2. The van der Waals surface area contributed by atoms with Gasteiger partial charge in [-0.15, -0.1) is 11.8 Å². The molecule has 2 rings (SSSR count). The Hall–Kier alpha value is -2.03. The van der Waals surface area contributed by atoms with Crippen molar-refractivity contribution in [1.82, 2.24) is 0 Å². The summed E-state index contributed by atoms with van der Waals surface area (Å²) in [7, 11) is -2.20. The zero-order chi connectivity index (χ0) is 18.4. The molecular formula is C17H20N2O4S2. The molecule has 0 aliphatic carbocycles. The molecule has 8 heteroatoms. The van der Waals surface area contributed by atoms with Gasteiger partial charge in [0.25, 0.3) is 10.0 Å². The second kappa shape index (κ2) is 8.37. The third kappa shape index (κ3) is 5.22. The summed E-state index contributed by atoms with van der Waals surface area (Å²) < 4.78 is 32.9. The molecule has 0 bridgehead atoms. The number of thioether (sulfide) groups is 1. The lowest BCUT2D eigenvalue weighted by Gasteiger charge is -2.13. The predicted molar refractivity (Wildman–Crippen MR) is 100 cm³/mol. The van der Waals surface area contributed by atoms with Crippen LogP contribution in [0.25, 0.3) is 0 Å². The lowest BCUT2D eigenvalue weighted by molar-refractivity contribution is -0.114. The zero-order valence-corrected chi connectivity index (χ0v) is 15.8. The average Bonchev–Trinajstić information content (AvgIpc) is 2.54. The van der Waals surface area contributed by atoms with Crippen LogP contribution in [0.2, 0.25) is 0 Å². The number of ether oxygens (including phenoxy) is 1. The molecule has 2 aromatic rings. The van der Waals surface area contributed by atoms with Crippen LogP contribution in [0, 0.1) is 0 Å². The second-order valence-corrected chi connectivity index (χ2v) is 7.81. The molecule has 0 aliphatic heterocycles. The topological polar surface area (TPSA) is 84.5 Å². The van der Waals surface area contributed by atoms with Gasteiger partial charge < -0.3 is 10.1 Å². The third-order valence-corrected chi connectivity index (χ3v) is 5.46. The summed E-state index contributed by atoms with van der Waals surface area (Å²) in [6, 6.07) is 11.6. The van der Waals surface area contributed by atoms with Gasteiger partial charge in [-0.1, -0.05) is 12.1 Å². The Labute approximate surface area is 152 Å². The van der Waals surface area contributed by atoms with E-state index in [1.54, 1.807) is 31.4 Å². The number of methoxy groups -OCH3 is 1. The number of rotatable bonds is 7. The minimum absolute atomic E-state index is 0.0752. The maximum atomic E-state index is 12.6. The van der Waals surface area contributed by atoms with Gasteiger partial charge in [0.2, 0.25) is 5.91 Å². The van der Waals surface area contributed by atoms with Crippen LogP contribution in [-0.2, 0) is 26.2 Å². The number of carbonyl (C=O) groups is 1. The van der Waals surface area contributed by atoms with Gasteiger partial charge in [0, 0.05) is 24.6 Å². The van der Waals surface area contributed by atoms with Crippen molar-refractivity contribution < 1.29 is 17.9 Å². The van der Waals surface area contributed by atoms with Crippen LogP contribution in [-0.4, -0.2) is 27.7 Å². The van der Waals surface area contributed by atoms with E-state index in [0.29, 0.717) is 18.0 Å². The summed E-state index contributed by atoms with van der Waals surface area (Å²) in [6.45, 7) is 1.77. The minimum atomic E-state index is -3.78. The molecule has 2 N–H and O–H groups in total. The van der Waals surface area contributed by atoms with Gasteiger partial charge in [-0.05, 0) is 42.2 Å². The maximum Gasteiger partial charge on any atom is 0.261 e. The molecule has 134 valence electrons. The molecule has 2 aromatic carbocycles. The van der Waals surface area contributed by atoms with E-state index >= 15 is 0 Å². The highest BCUT2D eigenvalue weighted by Gasteiger charge is 2.17. The Kier molecular flexibility index (Phi) is 6.46. The molecule has 0 aliphatic rings. The Bertz CT molecular complexity index is 867. The van der Waals surface area contributed by atoms with Gasteiger partial charge >= 0.3 is 0 Å². The Morgan fingerprint density at radius 1 is 1.20 bits per heavy atom. The van der Waals surface area contributed by atoms with Crippen molar-refractivity contribution in [3.05, 3.63) is 48.0 Å². The number of carbonyl (C=O) groups excluding carboxylic acids is 1. The van der Waals surface area contributed by atoms with E-state index < -0.39 is 10.0 Å². The molecule has 0 saturated heterocycles. The van der Waals surface area contributed by atoms with Crippen molar-refractivity contribution >= 4 is 39.1 Å². The van der Waals surface area contributed by atoms with Crippen molar-refractivity contribution in [2.45, 2.75) is 23.3 Å². The summed E-state index contributed by atoms with van der Waals surface area (Å²) >= 11 is 1.42. The van der Waals surface area contributed by atoms with Crippen LogP contribution in [0.4, 0.5) is 11.4 Å². The zero-order valence-electron chi connectivity index (χ0n) is 14.2. The first-order valence-corrected chi connectivity index (χ1v) is 10.1. The van der Waals surface area contributed by atoms with Crippen molar-refractivity contribution in [1.29, 1.82) is 0 Å². The summed E-state index contributed by atoms with van der Waals surface area (Å²) in [5.41, 5.74) is 1.78. The first kappa shape index (κ1) is 19.3. The lowest BCUT2D eigenvalue weighted by Crippen LogP contribution is -2.14. The van der Waals surface area contributed by atoms with Gasteiger partial charge in [-0.3, -0.25) is 9.52 Å². The standard InChI is InChI=1S/C17H20N2O4S2/c1-12(20)18-16-10-15(7-8-17(16)24-3)25(21,22)19-14-6-4-5-13(9-14)11-23-2/h4-10,19H,11H2,1-3H3,(H,18,20). The van der Waals surface area contributed by atoms with Gasteiger partial charge in [-0.25, -0.2) is 8.42 Å². The molecule has 1 amide bonds.